The zero-order valence-electron chi connectivity index (χ0n) is 13.8. The fourth-order valence-electron chi connectivity index (χ4n) is 2.76. The molecule has 140 valence electrons. The molecule has 2 aromatic carbocycles. The minimum atomic E-state index is -4.63. The van der Waals surface area contributed by atoms with Crippen molar-refractivity contribution >= 4 is 34.2 Å². The predicted molar refractivity (Wildman–Crippen MR) is 95.3 cm³/mol. The summed E-state index contributed by atoms with van der Waals surface area (Å²) in [6.07, 6.45) is -4.63. The van der Waals surface area contributed by atoms with Crippen LogP contribution in [0.3, 0.4) is 0 Å². The molecule has 2 N–H and O–H groups in total. The lowest BCUT2D eigenvalue weighted by atomic mass is 10.1. The Morgan fingerprint density at radius 2 is 1.85 bits per heavy atom. The van der Waals surface area contributed by atoms with Gasteiger partial charge < -0.3 is 10.5 Å². The average molecular weight is 397 g/mol. The summed E-state index contributed by atoms with van der Waals surface area (Å²) in [5.41, 5.74) is 3.24. The molecule has 0 fully saturated rings. The molecule has 0 radical (unpaired) electrons. The Balaban J connectivity index is 2.55. The van der Waals surface area contributed by atoms with Gasteiger partial charge in [0.2, 0.25) is 0 Å². The number of nitrogens with zero attached hydrogens (tertiary/aromatic N) is 1. The Bertz CT molecular complexity index is 1120. The molecular weight excluding hydrogens is 385 g/mol. The molecule has 0 saturated carbocycles. The smallest absolute Gasteiger partial charge is 0.416 e. The summed E-state index contributed by atoms with van der Waals surface area (Å²) in [5.74, 6) is -1.000. The summed E-state index contributed by atoms with van der Waals surface area (Å²) < 4.78 is 45.0. The third kappa shape index (κ3) is 3.12. The van der Waals surface area contributed by atoms with E-state index in [1.165, 1.54) is 12.1 Å². The second-order valence-electron chi connectivity index (χ2n) is 5.60. The van der Waals surface area contributed by atoms with Crippen LogP contribution >= 0.6 is 11.6 Å². The summed E-state index contributed by atoms with van der Waals surface area (Å²) in [5, 5.41) is 0.196. The molecule has 0 saturated heterocycles. The quantitative estimate of drug-likeness (QED) is 0.664. The predicted octanol–water partition coefficient (Wildman–Crippen LogP) is 4.03. The molecule has 1 aromatic heterocycles. The van der Waals surface area contributed by atoms with Gasteiger partial charge in [-0.25, -0.2) is 4.79 Å². The number of fused-ring (bicyclic) bond motifs is 1. The van der Waals surface area contributed by atoms with E-state index in [2.05, 4.69) is 4.74 Å². The molecular formula is C18H12ClF3N2O3. The van der Waals surface area contributed by atoms with Crippen LogP contribution < -0.4 is 11.3 Å². The Morgan fingerprint density at radius 1 is 1.19 bits per heavy atom. The van der Waals surface area contributed by atoms with Crippen molar-refractivity contribution in [3.05, 3.63) is 69.0 Å². The largest absolute Gasteiger partial charge is 0.465 e. The molecule has 0 spiro atoms. The summed E-state index contributed by atoms with van der Waals surface area (Å²) in [6, 6.07) is 8.78. The number of alkyl halides is 3. The van der Waals surface area contributed by atoms with Crippen LogP contribution in [0.1, 0.15) is 15.9 Å². The molecule has 5 nitrogen and oxygen atoms in total. The van der Waals surface area contributed by atoms with Crippen molar-refractivity contribution in [2.45, 2.75) is 6.18 Å². The fourth-order valence-corrected chi connectivity index (χ4v) is 2.98. The van der Waals surface area contributed by atoms with E-state index in [-0.39, 0.29) is 27.3 Å². The maximum Gasteiger partial charge on any atom is 0.416 e. The zero-order valence-corrected chi connectivity index (χ0v) is 14.6. The maximum atomic E-state index is 13.2. The van der Waals surface area contributed by atoms with Crippen LogP contribution in [-0.4, -0.2) is 17.6 Å². The number of hydrogen-bond donors (Lipinski definition) is 1. The molecule has 0 aliphatic carbocycles. The van der Waals surface area contributed by atoms with Crippen molar-refractivity contribution in [3.8, 4) is 5.69 Å². The molecule has 0 atom stereocenters. The van der Waals surface area contributed by atoms with Crippen LogP contribution in [0.5, 0.6) is 0 Å². The standard InChI is InChI=1S/C18H12ClF3N2O3/c1-27-17(26)14-15(23)10-7-6-9(18(20,21)22)8-13(10)24(16(14)25)12-5-3-2-4-11(12)19/h2-8H,23H2,1H3. The van der Waals surface area contributed by atoms with E-state index in [1.54, 1.807) is 12.1 Å². The number of anilines is 1. The highest BCUT2D eigenvalue weighted by molar-refractivity contribution is 6.32. The van der Waals surface area contributed by atoms with Crippen molar-refractivity contribution in [3.63, 3.8) is 0 Å². The van der Waals surface area contributed by atoms with Gasteiger partial charge in [-0.05, 0) is 24.3 Å². The number of rotatable bonds is 2. The van der Waals surface area contributed by atoms with E-state index >= 15 is 0 Å². The third-order valence-corrected chi connectivity index (χ3v) is 4.34. The Hall–Kier alpha value is -3.00. The van der Waals surface area contributed by atoms with Gasteiger partial charge in [-0.3, -0.25) is 9.36 Å². The Morgan fingerprint density at radius 3 is 2.44 bits per heavy atom. The number of halogens is 4. The molecule has 0 amide bonds. The van der Waals surface area contributed by atoms with E-state index in [0.717, 1.165) is 29.9 Å². The van der Waals surface area contributed by atoms with Gasteiger partial charge in [0.05, 0.1) is 34.6 Å². The molecule has 0 aliphatic rings. The topological polar surface area (TPSA) is 74.3 Å². The first-order valence-electron chi connectivity index (χ1n) is 7.55. The molecule has 0 unspecified atom stereocenters. The first kappa shape index (κ1) is 18.8. The van der Waals surface area contributed by atoms with Gasteiger partial charge in [0.15, 0.2) is 0 Å². The molecule has 3 aromatic rings. The lowest BCUT2D eigenvalue weighted by Gasteiger charge is -2.17. The van der Waals surface area contributed by atoms with Gasteiger partial charge >= 0.3 is 12.1 Å². The highest BCUT2D eigenvalue weighted by atomic mass is 35.5. The summed E-state index contributed by atoms with van der Waals surface area (Å²) in [7, 11) is 1.07. The Kier molecular flexibility index (Phi) is 4.61. The molecule has 1 heterocycles. The highest BCUT2D eigenvalue weighted by Crippen LogP contribution is 2.34. The summed E-state index contributed by atoms with van der Waals surface area (Å²) in [6.45, 7) is 0. The van der Waals surface area contributed by atoms with E-state index in [0.29, 0.717) is 0 Å². The lowest BCUT2D eigenvalue weighted by molar-refractivity contribution is -0.137. The van der Waals surface area contributed by atoms with E-state index in [4.69, 9.17) is 17.3 Å². The number of hydrogen-bond acceptors (Lipinski definition) is 4. The maximum absolute atomic E-state index is 13.2. The van der Waals surface area contributed by atoms with Crippen molar-refractivity contribution in [2.75, 3.05) is 12.8 Å². The Labute approximate surface area is 155 Å². The fraction of sp³-hybridized carbons (Fsp3) is 0.111. The van der Waals surface area contributed by atoms with Gasteiger partial charge in [0, 0.05) is 5.39 Å². The van der Waals surface area contributed by atoms with Crippen molar-refractivity contribution < 1.29 is 22.7 Å². The number of methoxy groups -OCH3 is 1. The summed E-state index contributed by atoms with van der Waals surface area (Å²) in [4.78, 5) is 25.0. The minimum Gasteiger partial charge on any atom is -0.465 e. The van der Waals surface area contributed by atoms with Crippen LogP contribution in [0.4, 0.5) is 18.9 Å². The van der Waals surface area contributed by atoms with Crippen LogP contribution in [0, 0.1) is 0 Å². The zero-order chi connectivity index (χ0) is 19.9. The van der Waals surface area contributed by atoms with Crippen molar-refractivity contribution in [1.29, 1.82) is 0 Å². The van der Waals surface area contributed by atoms with Crippen LogP contribution in [0.25, 0.3) is 16.6 Å². The third-order valence-electron chi connectivity index (χ3n) is 4.03. The van der Waals surface area contributed by atoms with E-state index in [9.17, 15) is 22.8 Å². The number of carbonyl (C=O) groups excluding carboxylic acids is 1. The average Bonchev–Trinajstić information content (AvgIpc) is 2.62. The number of nitrogens with two attached hydrogens (primary N) is 1. The monoisotopic (exact) mass is 396 g/mol. The second-order valence-corrected chi connectivity index (χ2v) is 6.01. The first-order valence-corrected chi connectivity index (χ1v) is 7.93. The number of carbonyl (C=O) groups is 1. The van der Waals surface area contributed by atoms with Gasteiger partial charge in [-0.2, -0.15) is 13.2 Å². The van der Waals surface area contributed by atoms with Gasteiger partial charge in [-0.15, -0.1) is 0 Å². The van der Waals surface area contributed by atoms with Crippen LogP contribution in [-0.2, 0) is 10.9 Å². The number of ether oxygens (including phenoxy) is 1. The highest BCUT2D eigenvalue weighted by Gasteiger charge is 2.32. The molecule has 0 aliphatic heterocycles. The molecule has 0 bridgehead atoms. The number of para-hydroxylation sites is 1. The number of aromatic nitrogens is 1. The SMILES string of the molecule is COC(=O)c1c(N)c2ccc(C(F)(F)F)cc2n(-c2ccccc2Cl)c1=O. The number of nitrogen functional groups attached to an aromatic ring is 1. The summed E-state index contributed by atoms with van der Waals surface area (Å²) >= 11 is 6.14. The molecule has 9 heteroatoms. The van der Waals surface area contributed by atoms with Gasteiger partial charge in [-0.1, -0.05) is 29.8 Å². The van der Waals surface area contributed by atoms with Crippen LogP contribution in [0.2, 0.25) is 5.02 Å². The normalized spacial score (nSPS) is 11.6. The van der Waals surface area contributed by atoms with Crippen molar-refractivity contribution in [2.24, 2.45) is 0 Å². The lowest BCUT2D eigenvalue weighted by Crippen LogP contribution is -2.28. The first-order chi connectivity index (χ1) is 12.7. The molecule has 27 heavy (non-hydrogen) atoms. The second kappa shape index (κ2) is 6.62. The van der Waals surface area contributed by atoms with E-state index < -0.39 is 28.8 Å². The van der Waals surface area contributed by atoms with Gasteiger partial charge in [0.25, 0.3) is 5.56 Å². The van der Waals surface area contributed by atoms with Crippen LogP contribution in [0.15, 0.2) is 47.3 Å². The van der Waals surface area contributed by atoms with Gasteiger partial charge in [0.1, 0.15) is 5.56 Å². The number of pyridine rings is 1. The number of esters is 1. The minimum absolute atomic E-state index is 0.0860. The number of benzene rings is 2. The van der Waals surface area contributed by atoms with Crippen molar-refractivity contribution in [1.82, 2.24) is 4.57 Å². The molecule has 3 rings (SSSR count). The van der Waals surface area contributed by atoms with E-state index in [1.807, 2.05) is 0 Å².